The lowest BCUT2D eigenvalue weighted by molar-refractivity contribution is 0.122. The Morgan fingerprint density at radius 1 is 1.15 bits per heavy atom. The average molecular weight is 354 g/mol. The van der Waals surface area contributed by atoms with Crippen LogP contribution in [-0.2, 0) is 11.3 Å². The third-order valence-electron chi connectivity index (χ3n) is 4.20. The van der Waals surface area contributed by atoms with Crippen LogP contribution >= 0.6 is 0 Å². The number of hydrogen-bond acceptors (Lipinski definition) is 8. The first kappa shape index (κ1) is 16.6. The van der Waals surface area contributed by atoms with Gasteiger partial charge in [-0.2, -0.15) is 15.1 Å². The monoisotopic (exact) mass is 354 g/mol. The fourth-order valence-corrected chi connectivity index (χ4v) is 3.01. The van der Waals surface area contributed by atoms with Crippen LogP contribution in [0.1, 0.15) is 13.8 Å². The number of morpholine rings is 1. The second-order valence-electron chi connectivity index (χ2n) is 6.78. The molecule has 2 N–H and O–H groups in total. The first-order chi connectivity index (χ1) is 12.6. The van der Waals surface area contributed by atoms with E-state index in [9.17, 15) is 0 Å². The van der Waals surface area contributed by atoms with Gasteiger partial charge in [-0.05, 0) is 5.92 Å². The van der Waals surface area contributed by atoms with Crippen molar-refractivity contribution in [1.82, 2.24) is 29.7 Å². The van der Waals surface area contributed by atoms with Crippen molar-refractivity contribution in [3.05, 3.63) is 18.6 Å². The van der Waals surface area contributed by atoms with Crippen molar-refractivity contribution in [2.45, 2.75) is 20.4 Å². The predicted molar refractivity (Wildman–Crippen MR) is 98.6 cm³/mol. The van der Waals surface area contributed by atoms with Gasteiger partial charge in [0.05, 0.1) is 31.3 Å². The van der Waals surface area contributed by atoms with E-state index < -0.39 is 0 Å². The van der Waals surface area contributed by atoms with E-state index in [2.05, 4.69) is 38.8 Å². The number of nitrogen functional groups attached to an aromatic ring is 1. The van der Waals surface area contributed by atoms with Crippen molar-refractivity contribution in [2.24, 2.45) is 5.92 Å². The Balaban J connectivity index is 1.75. The quantitative estimate of drug-likeness (QED) is 0.748. The molecule has 1 aliphatic rings. The Bertz CT molecular complexity index is 916. The molecule has 0 aromatic carbocycles. The van der Waals surface area contributed by atoms with Crippen molar-refractivity contribution in [3.63, 3.8) is 0 Å². The highest BCUT2D eigenvalue weighted by Gasteiger charge is 2.19. The standard InChI is InChI=1S/C17H22N8O/c1-11(2)9-25-10-12(7-20-25)13-8-19-15-14(21-13)16(23-17(18)22-15)24-3-5-26-6-4-24/h7-8,10-11H,3-6,9H2,1-2H3,(H2,18,19,22,23). The van der Waals surface area contributed by atoms with Gasteiger partial charge in [0.1, 0.15) is 0 Å². The summed E-state index contributed by atoms with van der Waals surface area (Å²) in [6, 6.07) is 0. The van der Waals surface area contributed by atoms with Gasteiger partial charge in [0.15, 0.2) is 17.0 Å². The maximum atomic E-state index is 5.87. The van der Waals surface area contributed by atoms with Crippen LogP contribution in [-0.4, -0.2) is 56.0 Å². The van der Waals surface area contributed by atoms with Crippen molar-refractivity contribution in [1.29, 1.82) is 0 Å². The Kier molecular flexibility index (Phi) is 4.37. The van der Waals surface area contributed by atoms with Crippen LogP contribution in [0.5, 0.6) is 0 Å². The van der Waals surface area contributed by atoms with Crippen molar-refractivity contribution >= 4 is 22.9 Å². The van der Waals surface area contributed by atoms with Gasteiger partial charge in [-0.25, -0.2) is 9.97 Å². The molecule has 26 heavy (non-hydrogen) atoms. The maximum Gasteiger partial charge on any atom is 0.224 e. The molecule has 0 spiro atoms. The van der Waals surface area contributed by atoms with Crippen LogP contribution in [0, 0.1) is 5.92 Å². The first-order valence-corrected chi connectivity index (χ1v) is 8.76. The highest BCUT2D eigenvalue weighted by molar-refractivity contribution is 5.85. The third kappa shape index (κ3) is 3.30. The molecule has 0 amide bonds. The van der Waals surface area contributed by atoms with E-state index in [1.807, 2.05) is 17.1 Å². The summed E-state index contributed by atoms with van der Waals surface area (Å²) >= 11 is 0. The van der Waals surface area contributed by atoms with Crippen molar-refractivity contribution in [2.75, 3.05) is 36.9 Å². The minimum atomic E-state index is 0.200. The van der Waals surface area contributed by atoms with Gasteiger partial charge in [-0.15, -0.1) is 0 Å². The number of nitrogens with zero attached hydrogens (tertiary/aromatic N) is 7. The number of nitrogens with two attached hydrogens (primary N) is 1. The molecule has 3 aromatic heterocycles. The Hall–Kier alpha value is -2.81. The molecule has 9 heteroatoms. The molecule has 1 saturated heterocycles. The van der Waals surface area contributed by atoms with Crippen LogP contribution in [0.25, 0.3) is 22.4 Å². The summed E-state index contributed by atoms with van der Waals surface area (Å²) in [7, 11) is 0. The molecule has 9 nitrogen and oxygen atoms in total. The number of anilines is 2. The minimum absolute atomic E-state index is 0.200. The largest absolute Gasteiger partial charge is 0.378 e. The fourth-order valence-electron chi connectivity index (χ4n) is 3.01. The first-order valence-electron chi connectivity index (χ1n) is 8.76. The number of rotatable bonds is 4. The molecule has 1 aliphatic heterocycles. The molecule has 1 fully saturated rings. The molecule has 136 valence electrons. The van der Waals surface area contributed by atoms with Gasteiger partial charge < -0.3 is 15.4 Å². The number of aromatic nitrogens is 6. The Morgan fingerprint density at radius 2 is 1.96 bits per heavy atom. The highest BCUT2D eigenvalue weighted by atomic mass is 16.5. The molecule has 0 bridgehead atoms. The summed E-state index contributed by atoms with van der Waals surface area (Å²) in [5.74, 6) is 1.43. The zero-order chi connectivity index (χ0) is 18.1. The van der Waals surface area contributed by atoms with Gasteiger partial charge in [0, 0.05) is 31.4 Å². The van der Waals surface area contributed by atoms with Gasteiger partial charge >= 0.3 is 0 Å². The lowest BCUT2D eigenvalue weighted by Crippen LogP contribution is -2.37. The average Bonchev–Trinajstić information content (AvgIpc) is 3.09. The number of fused-ring (bicyclic) bond motifs is 1. The maximum absolute atomic E-state index is 5.87. The summed E-state index contributed by atoms with van der Waals surface area (Å²) in [5, 5.41) is 4.41. The molecule has 0 saturated carbocycles. The van der Waals surface area contributed by atoms with E-state index in [1.54, 1.807) is 6.20 Å². The summed E-state index contributed by atoms with van der Waals surface area (Å²) < 4.78 is 7.35. The second-order valence-corrected chi connectivity index (χ2v) is 6.78. The smallest absolute Gasteiger partial charge is 0.224 e. The molecular formula is C17H22N8O. The molecule has 0 atom stereocenters. The number of hydrogen-bond donors (Lipinski definition) is 1. The normalized spacial score (nSPS) is 15.1. The fraction of sp³-hybridized carbons (Fsp3) is 0.471. The summed E-state index contributed by atoms with van der Waals surface area (Å²) in [5.41, 5.74) is 8.68. The van der Waals surface area contributed by atoms with Crippen LogP contribution < -0.4 is 10.6 Å². The Morgan fingerprint density at radius 3 is 2.73 bits per heavy atom. The predicted octanol–water partition coefficient (Wildman–Crippen LogP) is 1.36. The van der Waals surface area contributed by atoms with Crippen LogP contribution in [0.15, 0.2) is 18.6 Å². The molecule has 0 aliphatic carbocycles. The lowest BCUT2D eigenvalue weighted by atomic mass is 10.2. The van der Waals surface area contributed by atoms with E-state index in [-0.39, 0.29) is 5.95 Å². The lowest BCUT2D eigenvalue weighted by Gasteiger charge is -2.28. The Labute approximate surface area is 151 Å². The van der Waals surface area contributed by atoms with E-state index >= 15 is 0 Å². The van der Waals surface area contributed by atoms with E-state index in [0.717, 1.165) is 30.9 Å². The molecule has 3 aromatic rings. The second kappa shape index (κ2) is 6.83. The van der Waals surface area contributed by atoms with Gasteiger partial charge in [-0.3, -0.25) is 4.68 Å². The summed E-state index contributed by atoms with van der Waals surface area (Å²) in [6.07, 6.45) is 5.50. The minimum Gasteiger partial charge on any atom is -0.378 e. The molecule has 0 unspecified atom stereocenters. The SMILES string of the molecule is CC(C)Cn1cc(-c2cnc3nc(N)nc(N4CCOCC4)c3n2)cn1. The summed E-state index contributed by atoms with van der Waals surface area (Å²) in [4.78, 5) is 20.0. The molecule has 4 rings (SSSR count). The number of ether oxygens (including phenoxy) is 1. The van der Waals surface area contributed by atoms with Crippen LogP contribution in [0.3, 0.4) is 0 Å². The van der Waals surface area contributed by atoms with Crippen LogP contribution in [0.4, 0.5) is 11.8 Å². The van der Waals surface area contributed by atoms with Crippen molar-refractivity contribution < 1.29 is 4.74 Å². The summed E-state index contributed by atoms with van der Waals surface area (Å²) in [6.45, 7) is 7.97. The van der Waals surface area contributed by atoms with E-state index in [1.165, 1.54) is 0 Å². The van der Waals surface area contributed by atoms with E-state index in [0.29, 0.717) is 36.1 Å². The van der Waals surface area contributed by atoms with Crippen LogP contribution in [0.2, 0.25) is 0 Å². The van der Waals surface area contributed by atoms with E-state index in [4.69, 9.17) is 15.5 Å². The van der Waals surface area contributed by atoms with Gasteiger partial charge in [-0.1, -0.05) is 13.8 Å². The zero-order valence-electron chi connectivity index (χ0n) is 15.0. The van der Waals surface area contributed by atoms with Gasteiger partial charge in [0.25, 0.3) is 0 Å². The van der Waals surface area contributed by atoms with Crippen molar-refractivity contribution in [3.8, 4) is 11.3 Å². The third-order valence-corrected chi connectivity index (χ3v) is 4.20. The topological polar surface area (TPSA) is 108 Å². The molecule has 0 radical (unpaired) electrons. The zero-order valence-corrected chi connectivity index (χ0v) is 15.0. The highest BCUT2D eigenvalue weighted by Crippen LogP contribution is 2.25. The molecule has 4 heterocycles. The molecular weight excluding hydrogens is 332 g/mol. The van der Waals surface area contributed by atoms with Gasteiger partial charge in [0.2, 0.25) is 5.95 Å².